The van der Waals surface area contributed by atoms with Crippen LogP contribution in [-0.4, -0.2) is 31.7 Å². The van der Waals surface area contributed by atoms with Gasteiger partial charge in [-0.3, -0.25) is 4.79 Å². The van der Waals surface area contributed by atoms with Crippen molar-refractivity contribution in [2.24, 2.45) is 17.8 Å². The van der Waals surface area contributed by atoms with Gasteiger partial charge in [-0.05, 0) is 55.4 Å². The number of carbonyl (C=O) groups is 1. The molecule has 3 rings (SSSR count). The molecular weight excluding hydrogens is 324 g/mol. The third kappa shape index (κ3) is 3.64. The fourth-order valence-corrected chi connectivity index (χ4v) is 5.26. The highest BCUT2D eigenvalue weighted by Crippen LogP contribution is 2.29. The number of amides is 1. The first kappa shape index (κ1) is 17.4. The van der Waals surface area contributed by atoms with Gasteiger partial charge in [-0.25, -0.2) is 8.42 Å². The second-order valence-corrected chi connectivity index (χ2v) is 9.35. The minimum absolute atomic E-state index is 0.0375. The largest absolute Gasteiger partial charge is 0.326 e. The number of nitrogens with zero attached hydrogens (tertiary/aromatic N) is 1. The summed E-state index contributed by atoms with van der Waals surface area (Å²) in [6.45, 7) is 5.34. The zero-order chi connectivity index (χ0) is 17.3. The van der Waals surface area contributed by atoms with Gasteiger partial charge in [0.2, 0.25) is 15.9 Å². The van der Waals surface area contributed by atoms with Gasteiger partial charge in [-0.15, -0.1) is 0 Å². The first-order valence-electron chi connectivity index (χ1n) is 8.77. The van der Waals surface area contributed by atoms with Crippen molar-refractivity contribution in [3.8, 4) is 0 Å². The molecule has 1 aliphatic carbocycles. The normalized spacial score (nSPS) is 25.9. The zero-order valence-corrected chi connectivity index (χ0v) is 15.2. The summed E-state index contributed by atoms with van der Waals surface area (Å²) < 4.78 is 27.2. The minimum atomic E-state index is -3.46. The van der Waals surface area contributed by atoms with E-state index in [0.29, 0.717) is 35.5 Å². The van der Waals surface area contributed by atoms with Crippen molar-refractivity contribution in [2.45, 2.75) is 44.4 Å². The molecule has 1 saturated heterocycles. The quantitative estimate of drug-likeness (QED) is 0.907. The second-order valence-electron chi connectivity index (χ2n) is 7.41. The molecule has 132 valence electrons. The molecular formula is C18H26N2O3S. The smallest absolute Gasteiger partial charge is 0.243 e. The Labute approximate surface area is 144 Å². The van der Waals surface area contributed by atoms with Crippen LogP contribution in [-0.2, 0) is 14.8 Å². The Balaban J connectivity index is 1.70. The Morgan fingerprint density at radius 1 is 1.08 bits per heavy atom. The molecule has 1 aromatic carbocycles. The van der Waals surface area contributed by atoms with Crippen LogP contribution >= 0.6 is 0 Å². The number of carbonyl (C=O) groups excluding carboxylic acids is 1. The number of sulfonamides is 1. The molecule has 6 heteroatoms. The number of anilines is 1. The highest BCUT2D eigenvalue weighted by Gasteiger charge is 2.31. The van der Waals surface area contributed by atoms with Crippen LogP contribution in [0.5, 0.6) is 0 Å². The number of hydrogen-bond donors (Lipinski definition) is 1. The van der Waals surface area contributed by atoms with Gasteiger partial charge in [0.25, 0.3) is 0 Å². The van der Waals surface area contributed by atoms with E-state index in [1.807, 2.05) is 0 Å². The Bertz CT molecular complexity index is 685. The van der Waals surface area contributed by atoms with E-state index in [9.17, 15) is 13.2 Å². The van der Waals surface area contributed by atoms with Crippen LogP contribution in [0.2, 0.25) is 0 Å². The Morgan fingerprint density at radius 3 is 2.17 bits per heavy atom. The Kier molecular flexibility index (Phi) is 4.97. The highest BCUT2D eigenvalue weighted by atomic mass is 32.2. The molecule has 1 N–H and O–H groups in total. The van der Waals surface area contributed by atoms with E-state index in [-0.39, 0.29) is 11.8 Å². The number of hydrogen-bond acceptors (Lipinski definition) is 3. The molecule has 0 aromatic heterocycles. The summed E-state index contributed by atoms with van der Waals surface area (Å²) in [6, 6.07) is 6.55. The first-order chi connectivity index (χ1) is 11.4. The fraction of sp³-hybridized carbons (Fsp3) is 0.611. The Morgan fingerprint density at radius 2 is 1.67 bits per heavy atom. The van der Waals surface area contributed by atoms with Gasteiger partial charge in [0.1, 0.15) is 0 Å². The molecule has 2 fully saturated rings. The molecule has 1 aliphatic heterocycles. The summed E-state index contributed by atoms with van der Waals surface area (Å²) >= 11 is 0. The highest BCUT2D eigenvalue weighted by molar-refractivity contribution is 7.89. The van der Waals surface area contributed by atoms with Crippen molar-refractivity contribution in [1.29, 1.82) is 0 Å². The van der Waals surface area contributed by atoms with Gasteiger partial charge in [0, 0.05) is 24.7 Å². The van der Waals surface area contributed by atoms with Crippen LogP contribution in [0.25, 0.3) is 0 Å². The van der Waals surface area contributed by atoms with Gasteiger partial charge in [-0.2, -0.15) is 4.31 Å². The second kappa shape index (κ2) is 6.84. The summed E-state index contributed by atoms with van der Waals surface area (Å²) in [5, 5.41) is 2.87. The first-order valence-corrected chi connectivity index (χ1v) is 10.2. The monoisotopic (exact) mass is 350 g/mol. The number of nitrogens with one attached hydrogen (secondary N) is 1. The summed E-state index contributed by atoms with van der Waals surface area (Å²) in [6.07, 6.45) is 4.08. The molecule has 0 spiro atoms. The molecule has 0 bridgehead atoms. The van der Waals surface area contributed by atoms with E-state index in [1.54, 1.807) is 28.6 Å². The fourth-order valence-electron chi connectivity index (χ4n) is 3.58. The van der Waals surface area contributed by atoms with Crippen molar-refractivity contribution in [2.75, 3.05) is 18.4 Å². The maximum absolute atomic E-state index is 12.8. The standard InChI is InChI=1S/C18H26N2O3S/c1-13-10-14(2)12-20(11-13)24(22,23)17-8-6-16(7-9-17)19-18(21)15-4-3-5-15/h6-9,13-15H,3-5,10-12H2,1-2H3,(H,19,21)/t13-,14+. The van der Waals surface area contributed by atoms with E-state index in [4.69, 9.17) is 0 Å². The molecule has 1 amide bonds. The van der Waals surface area contributed by atoms with Gasteiger partial charge >= 0.3 is 0 Å². The maximum atomic E-state index is 12.8. The van der Waals surface area contributed by atoms with Gasteiger partial charge in [0.15, 0.2) is 0 Å². The van der Waals surface area contributed by atoms with Crippen molar-refractivity contribution in [3.63, 3.8) is 0 Å². The molecule has 1 aromatic rings. The van der Waals surface area contributed by atoms with Crippen LogP contribution in [0, 0.1) is 17.8 Å². The van der Waals surface area contributed by atoms with Crippen LogP contribution in [0.1, 0.15) is 39.5 Å². The third-order valence-corrected chi connectivity index (χ3v) is 6.92. The number of piperidine rings is 1. The van der Waals surface area contributed by atoms with E-state index < -0.39 is 10.0 Å². The Hall–Kier alpha value is -1.40. The molecule has 2 aliphatic rings. The molecule has 1 heterocycles. The van der Waals surface area contributed by atoms with Crippen molar-refractivity contribution < 1.29 is 13.2 Å². The lowest BCUT2D eigenvalue weighted by molar-refractivity contribution is -0.122. The lowest BCUT2D eigenvalue weighted by Gasteiger charge is -2.34. The number of benzene rings is 1. The molecule has 1 saturated carbocycles. The summed E-state index contributed by atoms with van der Waals surface area (Å²) in [5.41, 5.74) is 0.659. The average molecular weight is 350 g/mol. The summed E-state index contributed by atoms with van der Waals surface area (Å²) in [7, 11) is -3.46. The van der Waals surface area contributed by atoms with Gasteiger partial charge in [0.05, 0.1) is 4.90 Å². The predicted molar refractivity (Wildman–Crippen MR) is 94.1 cm³/mol. The topological polar surface area (TPSA) is 66.5 Å². The molecule has 2 atom stereocenters. The lowest BCUT2D eigenvalue weighted by Crippen LogP contribution is -2.42. The van der Waals surface area contributed by atoms with Crippen molar-refractivity contribution in [1.82, 2.24) is 4.31 Å². The van der Waals surface area contributed by atoms with E-state index in [1.165, 1.54) is 0 Å². The van der Waals surface area contributed by atoms with Crippen molar-refractivity contribution >= 4 is 21.6 Å². The third-order valence-electron chi connectivity index (χ3n) is 5.07. The molecule has 5 nitrogen and oxygen atoms in total. The minimum Gasteiger partial charge on any atom is -0.326 e. The predicted octanol–water partition coefficient (Wildman–Crippen LogP) is 3.09. The maximum Gasteiger partial charge on any atom is 0.243 e. The molecule has 24 heavy (non-hydrogen) atoms. The van der Waals surface area contributed by atoms with Crippen molar-refractivity contribution in [3.05, 3.63) is 24.3 Å². The van der Waals surface area contributed by atoms with Crippen LogP contribution in [0.4, 0.5) is 5.69 Å². The van der Waals surface area contributed by atoms with E-state index in [2.05, 4.69) is 19.2 Å². The average Bonchev–Trinajstić information content (AvgIpc) is 2.44. The van der Waals surface area contributed by atoms with Gasteiger partial charge in [-0.1, -0.05) is 20.3 Å². The SMILES string of the molecule is C[C@@H]1C[C@H](C)CN(S(=O)(=O)c2ccc(NC(=O)C3CCC3)cc2)C1. The van der Waals surface area contributed by atoms with Crippen LogP contribution < -0.4 is 5.32 Å². The molecule has 0 unspecified atom stereocenters. The summed E-state index contributed by atoms with van der Waals surface area (Å²) in [4.78, 5) is 12.3. The van der Waals surface area contributed by atoms with Gasteiger partial charge < -0.3 is 5.32 Å². The van der Waals surface area contributed by atoms with E-state index >= 15 is 0 Å². The van der Waals surface area contributed by atoms with E-state index in [0.717, 1.165) is 25.7 Å². The van der Waals surface area contributed by atoms with Crippen LogP contribution in [0.3, 0.4) is 0 Å². The zero-order valence-electron chi connectivity index (χ0n) is 14.4. The molecule has 0 radical (unpaired) electrons. The number of rotatable bonds is 4. The van der Waals surface area contributed by atoms with Crippen LogP contribution in [0.15, 0.2) is 29.2 Å². The summed E-state index contributed by atoms with van der Waals surface area (Å²) in [5.74, 6) is 0.911. The lowest BCUT2D eigenvalue weighted by atomic mass is 9.85.